The van der Waals surface area contributed by atoms with Gasteiger partial charge in [0.2, 0.25) is 0 Å². The van der Waals surface area contributed by atoms with E-state index in [1.54, 1.807) is 12.4 Å². The third kappa shape index (κ3) is 8.00. The Morgan fingerprint density at radius 3 is 2.58 bits per heavy atom. The molecule has 1 atom stereocenters. The van der Waals surface area contributed by atoms with E-state index in [0.717, 1.165) is 28.7 Å². The van der Waals surface area contributed by atoms with Gasteiger partial charge in [0.1, 0.15) is 11.6 Å². The number of H-pyrrole nitrogens is 1. The van der Waals surface area contributed by atoms with Crippen LogP contribution in [-0.4, -0.2) is 41.2 Å². The maximum atomic E-state index is 12.5. The summed E-state index contributed by atoms with van der Waals surface area (Å²) in [5, 5.41) is 4.03. The van der Waals surface area contributed by atoms with Gasteiger partial charge in [-0.3, -0.25) is 4.79 Å². The molecule has 1 aromatic carbocycles. The molecule has 2 N–H and O–H groups in total. The van der Waals surface area contributed by atoms with Crippen LogP contribution in [0.15, 0.2) is 48.8 Å². The number of carbonyl (C=O) groups is 2. The first-order valence-electron chi connectivity index (χ1n) is 11.6. The predicted molar refractivity (Wildman–Crippen MR) is 130 cm³/mol. The topological polar surface area (TPSA) is 93.3 Å². The number of pyridine rings is 1. The summed E-state index contributed by atoms with van der Waals surface area (Å²) in [6, 6.07) is 11.1. The summed E-state index contributed by atoms with van der Waals surface area (Å²) in [6.45, 7) is 7.10. The lowest BCUT2D eigenvalue weighted by Gasteiger charge is -2.25. The zero-order valence-corrected chi connectivity index (χ0v) is 20.4. The average molecular weight is 506 g/mol. The third-order valence-corrected chi connectivity index (χ3v) is 5.40. The number of rotatable bonds is 10. The van der Waals surface area contributed by atoms with Gasteiger partial charge in [0.25, 0.3) is 0 Å². The van der Waals surface area contributed by atoms with Crippen LogP contribution in [0.3, 0.4) is 0 Å². The van der Waals surface area contributed by atoms with E-state index in [0.29, 0.717) is 25.3 Å². The molecule has 7 nitrogen and oxygen atoms in total. The highest BCUT2D eigenvalue weighted by Crippen LogP contribution is 2.38. The Bertz CT molecular complexity index is 1170. The number of nitrogens with zero attached hydrogens (tertiary/aromatic N) is 1. The van der Waals surface area contributed by atoms with Crippen molar-refractivity contribution in [2.24, 2.45) is 5.41 Å². The van der Waals surface area contributed by atoms with Gasteiger partial charge < -0.3 is 19.8 Å². The Morgan fingerprint density at radius 1 is 1.14 bits per heavy atom. The molecule has 194 valence electrons. The second-order valence-corrected chi connectivity index (χ2v) is 9.72. The molecule has 0 saturated heterocycles. The zero-order valence-electron chi connectivity index (χ0n) is 20.4. The quantitative estimate of drug-likeness (QED) is 0.200. The third-order valence-electron chi connectivity index (χ3n) is 5.40. The first-order chi connectivity index (χ1) is 16.9. The molecule has 3 aromatic rings. The first kappa shape index (κ1) is 27.0. The maximum absolute atomic E-state index is 12.5. The number of fused-ring (bicyclic) bond motifs is 1. The van der Waals surface area contributed by atoms with E-state index in [1.807, 2.05) is 57.2 Å². The first-order valence-corrected chi connectivity index (χ1v) is 11.6. The fraction of sp³-hybridized carbons (Fsp3) is 0.423. The molecule has 0 spiro atoms. The minimum atomic E-state index is -5.22. The summed E-state index contributed by atoms with van der Waals surface area (Å²) >= 11 is 0. The Hall–Kier alpha value is -3.56. The highest BCUT2D eigenvalue weighted by atomic mass is 19.4. The van der Waals surface area contributed by atoms with Crippen LogP contribution in [-0.2, 0) is 14.3 Å². The lowest BCUT2D eigenvalue weighted by atomic mass is 9.80. The largest absolute Gasteiger partial charge is 0.493 e. The Labute approximate surface area is 207 Å². The van der Waals surface area contributed by atoms with Crippen molar-refractivity contribution in [2.45, 2.75) is 52.1 Å². The number of nitrogens with one attached hydrogen (secondary N) is 2. The average Bonchev–Trinajstić information content (AvgIpc) is 3.21. The van der Waals surface area contributed by atoms with Crippen molar-refractivity contribution in [1.82, 2.24) is 9.97 Å². The normalized spacial score (nSPS) is 12.8. The van der Waals surface area contributed by atoms with Crippen molar-refractivity contribution >= 4 is 28.7 Å². The number of alkyl halides is 3. The minimum Gasteiger partial charge on any atom is -0.493 e. The monoisotopic (exact) mass is 505 g/mol. The Morgan fingerprint density at radius 2 is 1.92 bits per heavy atom. The molecule has 0 aliphatic rings. The number of esters is 2. The highest BCUT2D eigenvalue weighted by molar-refractivity contribution is 5.90. The van der Waals surface area contributed by atoms with Gasteiger partial charge in [0, 0.05) is 35.9 Å². The maximum Gasteiger partial charge on any atom is 0.491 e. The van der Waals surface area contributed by atoms with E-state index in [2.05, 4.69) is 20.0 Å². The van der Waals surface area contributed by atoms with Crippen LogP contribution in [0.5, 0.6) is 5.75 Å². The predicted octanol–water partition coefficient (Wildman–Crippen LogP) is 5.99. The van der Waals surface area contributed by atoms with Gasteiger partial charge in [-0.1, -0.05) is 26.8 Å². The molecule has 0 radical (unpaired) electrons. The summed E-state index contributed by atoms with van der Waals surface area (Å²) in [4.78, 5) is 30.6. The van der Waals surface area contributed by atoms with Crippen LogP contribution in [0, 0.1) is 5.41 Å². The van der Waals surface area contributed by atoms with Crippen molar-refractivity contribution in [3.05, 3.63) is 54.4 Å². The fourth-order valence-corrected chi connectivity index (χ4v) is 3.94. The number of aromatic nitrogens is 2. The molecule has 36 heavy (non-hydrogen) atoms. The van der Waals surface area contributed by atoms with Crippen molar-refractivity contribution in [3.63, 3.8) is 0 Å². The highest BCUT2D eigenvalue weighted by Gasteiger charge is 2.42. The van der Waals surface area contributed by atoms with Gasteiger partial charge in [0.05, 0.1) is 13.0 Å². The van der Waals surface area contributed by atoms with Crippen LogP contribution in [0.4, 0.5) is 19.0 Å². The molecule has 10 heteroatoms. The molecular formula is C26H30F3N3O4. The van der Waals surface area contributed by atoms with E-state index in [4.69, 9.17) is 4.74 Å². The van der Waals surface area contributed by atoms with E-state index in [1.165, 1.54) is 0 Å². The molecule has 0 aliphatic carbocycles. The summed E-state index contributed by atoms with van der Waals surface area (Å²) in [5.41, 5.74) is 1.31. The number of carbonyl (C=O) groups excluding carboxylic acids is 2. The van der Waals surface area contributed by atoms with Crippen LogP contribution in [0.1, 0.15) is 51.5 Å². The molecule has 1 unspecified atom stereocenters. The number of benzene rings is 1. The number of hydrogen-bond acceptors (Lipinski definition) is 6. The Kier molecular flexibility index (Phi) is 8.60. The number of ether oxygens (including phenoxy) is 2. The van der Waals surface area contributed by atoms with Crippen molar-refractivity contribution < 1.29 is 32.2 Å². The molecule has 0 aliphatic heterocycles. The van der Waals surface area contributed by atoms with E-state index in [9.17, 15) is 22.8 Å². The number of aromatic amines is 1. The van der Waals surface area contributed by atoms with Gasteiger partial charge in [-0.05, 0) is 54.0 Å². The summed E-state index contributed by atoms with van der Waals surface area (Å²) in [7, 11) is 0. The van der Waals surface area contributed by atoms with E-state index in [-0.39, 0.29) is 11.8 Å². The van der Waals surface area contributed by atoms with Crippen molar-refractivity contribution in [2.75, 3.05) is 18.5 Å². The molecule has 0 bridgehead atoms. The van der Waals surface area contributed by atoms with E-state index < -0.39 is 24.0 Å². The standard InChI is InChI=1S/C26H30F3N3O4/c1-25(2,3)15-17(13-23(33)36-24(34)26(27,28)29)20-16-32-21-14-18(8-9-19(20)21)35-12-6-11-31-22-7-4-5-10-30-22/h4-5,7-10,14,16-17,32H,6,11-13,15H2,1-3H3,(H,30,31). The molecule has 0 fully saturated rings. The SMILES string of the molecule is CC(C)(C)CC(CC(=O)OC(=O)C(F)(F)F)c1c[nH]c2cc(OCCCNc3ccccn3)ccc12. The van der Waals surface area contributed by atoms with Gasteiger partial charge in [-0.25, -0.2) is 9.78 Å². The lowest BCUT2D eigenvalue weighted by Crippen LogP contribution is -2.29. The van der Waals surface area contributed by atoms with Crippen molar-refractivity contribution in [1.29, 1.82) is 0 Å². The van der Waals surface area contributed by atoms with Gasteiger partial charge in [-0.2, -0.15) is 13.2 Å². The van der Waals surface area contributed by atoms with Gasteiger partial charge in [0.15, 0.2) is 0 Å². The van der Waals surface area contributed by atoms with Gasteiger partial charge in [-0.15, -0.1) is 0 Å². The molecule has 0 saturated carbocycles. The number of hydrogen-bond donors (Lipinski definition) is 2. The fourth-order valence-electron chi connectivity index (χ4n) is 3.94. The number of halogens is 3. The summed E-state index contributed by atoms with van der Waals surface area (Å²) in [6.07, 6.45) is -0.863. The van der Waals surface area contributed by atoms with Crippen molar-refractivity contribution in [3.8, 4) is 5.75 Å². The van der Waals surface area contributed by atoms with E-state index >= 15 is 0 Å². The van der Waals surface area contributed by atoms with Crippen LogP contribution in [0.2, 0.25) is 0 Å². The molecule has 3 rings (SSSR count). The van der Waals surface area contributed by atoms with Crippen LogP contribution < -0.4 is 10.1 Å². The second kappa shape index (κ2) is 11.5. The molecule has 2 aromatic heterocycles. The van der Waals surface area contributed by atoms with Crippen LogP contribution in [0.25, 0.3) is 10.9 Å². The smallest absolute Gasteiger partial charge is 0.491 e. The summed E-state index contributed by atoms with van der Waals surface area (Å²) < 4.78 is 47.4. The molecule has 0 amide bonds. The minimum absolute atomic E-state index is 0.227. The summed E-state index contributed by atoms with van der Waals surface area (Å²) in [5.74, 6) is -2.69. The Balaban J connectivity index is 1.65. The zero-order chi connectivity index (χ0) is 26.3. The van der Waals surface area contributed by atoms with Crippen LogP contribution >= 0.6 is 0 Å². The molecular weight excluding hydrogens is 475 g/mol. The van der Waals surface area contributed by atoms with Gasteiger partial charge >= 0.3 is 18.1 Å². The lowest BCUT2D eigenvalue weighted by molar-refractivity contribution is -0.202. The second-order valence-electron chi connectivity index (χ2n) is 9.72. The molecule has 2 heterocycles. The number of anilines is 1.